The molecule has 1 aromatic carbocycles. The summed E-state index contributed by atoms with van der Waals surface area (Å²) in [6.45, 7) is 2.69. The van der Waals surface area contributed by atoms with Crippen LogP contribution in [-0.2, 0) is 4.79 Å². The number of benzene rings is 1. The minimum absolute atomic E-state index is 0.324. The second-order valence-electron chi connectivity index (χ2n) is 5.52. The molecule has 0 N–H and O–H groups in total. The first-order chi connectivity index (χ1) is 9.81. The van der Waals surface area contributed by atoms with Crippen LogP contribution >= 0.6 is 0 Å². The van der Waals surface area contributed by atoms with Gasteiger partial charge >= 0.3 is 0 Å². The van der Waals surface area contributed by atoms with Gasteiger partial charge in [-0.1, -0.05) is 6.07 Å². The van der Waals surface area contributed by atoms with Gasteiger partial charge in [0.25, 0.3) is 0 Å². The summed E-state index contributed by atoms with van der Waals surface area (Å²) >= 11 is 0. The molecular weight excluding hydrogens is 250 g/mol. The van der Waals surface area contributed by atoms with E-state index < -0.39 is 0 Å². The average Bonchev–Trinajstić information content (AvgIpc) is 2.88. The highest BCUT2D eigenvalue weighted by Crippen LogP contribution is 2.27. The standard InChI is InChI=1S/C16H16N3O/c20-16-6-5-14-11-18(8-9-19(14)16)13-4-3-12-2-1-7-17-15(12)10-13/h1,3-4,7,10,14H,5-6,8-9,11H2. The summed E-state index contributed by atoms with van der Waals surface area (Å²) in [5.74, 6) is 0.324. The van der Waals surface area contributed by atoms with Gasteiger partial charge in [-0.25, -0.2) is 0 Å². The van der Waals surface area contributed by atoms with Crippen molar-refractivity contribution in [2.75, 3.05) is 24.5 Å². The van der Waals surface area contributed by atoms with E-state index in [0.717, 1.165) is 37.0 Å². The van der Waals surface area contributed by atoms with E-state index in [0.29, 0.717) is 18.4 Å². The second-order valence-corrected chi connectivity index (χ2v) is 5.52. The van der Waals surface area contributed by atoms with Crippen molar-refractivity contribution < 1.29 is 4.79 Å². The molecule has 0 spiro atoms. The van der Waals surface area contributed by atoms with E-state index in [2.05, 4.69) is 34.1 Å². The van der Waals surface area contributed by atoms with Gasteiger partial charge in [0.15, 0.2) is 0 Å². The largest absolute Gasteiger partial charge is 0.368 e. The normalized spacial score (nSPS) is 22.4. The van der Waals surface area contributed by atoms with Gasteiger partial charge in [0.1, 0.15) is 0 Å². The molecule has 3 heterocycles. The molecule has 0 saturated carbocycles. The van der Waals surface area contributed by atoms with E-state index in [-0.39, 0.29) is 0 Å². The Bertz CT molecular complexity index is 670. The average molecular weight is 266 g/mol. The number of pyridine rings is 1. The molecule has 20 heavy (non-hydrogen) atoms. The maximum atomic E-state index is 11.7. The van der Waals surface area contributed by atoms with Crippen LogP contribution in [0.4, 0.5) is 5.69 Å². The first kappa shape index (κ1) is 11.7. The van der Waals surface area contributed by atoms with Crippen molar-refractivity contribution in [1.29, 1.82) is 0 Å². The Kier molecular flexibility index (Phi) is 2.62. The highest BCUT2D eigenvalue weighted by Gasteiger charge is 2.35. The summed E-state index contributed by atoms with van der Waals surface area (Å²) in [6.07, 6.45) is 3.49. The van der Waals surface area contributed by atoms with Crippen molar-refractivity contribution in [3.05, 3.63) is 36.5 Å². The first-order valence-corrected chi connectivity index (χ1v) is 7.12. The van der Waals surface area contributed by atoms with Crippen LogP contribution in [0.2, 0.25) is 0 Å². The highest BCUT2D eigenvalue weighted by atomic mass is 16.2. The lowest BCUT2D eigenvalue weighted by atomic mass is 10.1. The molecule has 4 rings (SSSR count). The van der Waals surface area contributed by atoms with Crippen LogP contribution < -0.4 is 4.90 Å². The fraction of sp³-hybridized carbons (Fsp3) is 0.375. The topological polar surface area (TPSA) is 36.4 Å². The Labute approximate surface area is 118 Å². The summed E-state index contributed by atoms with van der Waals surface area (Å²) in [5.41, 5.74) is 2.18. The molecule has 2 saturated heterocycles. The Hall–Kier alpha value is -2.10. The quantitative estimate of drug-likeness (QED) is 0.790. The van der Waals surface area contributed by atoms with Crippen LogP contribution in [0, 0.1) is 6.07 Å². The van der Waals surface area contributed by atoms with Gasteiger partial charge in [0, 0.05) is 49.4 Å². The minimum Gasteiger partial charge on any atom is -0.368 e. The van der Waals surface area contributed by atoms with E-state index in [1.807, 2.05) is 11.0 Å². The highest BCUT2D eigenvalue weighted by molar-refractivity contribution is 5.82. The maximum absolute atomic E-state index is 11.7. The van der Waals surface area contributed by atoms with Gasteiger partial charge < -0.3 is 9.80 Å². The van der Waals surface area contributed by atoms with Crippen molar-refractivity contribution >= 4 is 22.5 Å². The van der Waals surface area contributed by atoms with Crippen molar-refractivity contribution in [2.45, 2.75) is 18.9 Å². The van der Waals surface area contributed by atoms with E-state index in [1.165, 1.54) is 5.69 Å². The first-order valence-electron chi connectivity index (χ1n) is 7.12. The minimum atomic E-state index is 0.324. The summed E-state index contributed by atoms with van der Waals surface area (Å²) in [4.78, 5) is 20.5. The predicted molar refractivity (Wildman–Crippen MR) is 77.5 cm³/mol. The molecule has 101 valence electrons. The molecule has 1 radical (unpaired) electrons. The van der Waals surface area contributed by atoms with Crippen molar-refractivity contribution in [3.63, 3.8) is 0 Å². The third-order valence-corrected chi connectivity index (χ3v) is 4.37. The SMILES string of the molecule is O=C1CCC2CN(c3ccc4[c]ccnc4c3)CCN12. The van der Waals surface area contributed by atoms with Crippen molar-refractivity contribution in [2.24, 2.45) is 0 Å². The monoisotopic (exact) mass is 266 g/mol. The van der Waals surface area contributed by atoms with Gasteiger partial charge in [-0.2, -0.15) is 0 Å². The zero-order chi connectivity index (χ0) is 13.5. The molecule has 1 amide bonds. The molecule has 4 nitrogen and oxygen atoms in total. The number of rotatable bonds is 1. The number of amides is 1. The molecule has 4 heteroatoms. The molecular formula is C16H16N3O. The number of fused-ring (bicyclic) bond motifs is 2. The molecule has 1 atom stereocenters. The fourth-order valence-corrected chi connectivity index (χ4v) is 3.29. The number of carbonyl (C=O) groups is 1. The summed E-state index contributed by atoms with van der Waals surface area (Å²) < 4.78 is 0. The van der Waals surface area contributed by atoms with Crippen molar-refractivity contribution in [1.82, 2.24) is 9.88 Å². The molecule has 0 aliphatic carbocycles. The molecule has 2 aliphatic rings. The zero-order valence-electron chi connectivity index (χ0n) is 11.2. The molecule has 1 unspecified atom stereocenters. The van der Waals surface area contributed by atoms with E-state index in [4.69, 9.17) is 0 Å². The summed E-state index contributed by atoms with van der Waals surface area (Å²) in [7, 11) is 0. The third-order valence-electron chi connectivity index (χ3n) is 4.37. The number of hydrogen-bond donors (Lipinski definition) is 0. The van der Waals surface area contributed by atoms with Gasteiger partial charge in [-0.3, -0.25) is 9.78 Å². The van der Waals surface area contributed by atoms with Crippen LogP contribution in [-0.4, -0.2) is 41.5 Å². The lowest BCUT2D eigenvalue weighted by molar-refractivity contribution is -0.129. The number of piperazine rings is 1. The predicted octanol–water partition coefficient (Wildman–Crippen LogP) is 1.85. The molecule has 2 aromatic rings. The van der Waals surface area contributed by atoms with E-state index >= 15 is 0 Å². The second kappa shape index (κ2) is 4.47. The third kappa shape index (κ3) is 1.83. The van der Waals surface area contributed by atoms with E-state index in [1.54, 1.807) is 6.20 Å². The van der Waals surface area contributed by atoms with Crippen LogP contribution in [0.3, 0.4) is 0 Å². The molecule has 2 aliphatic heterocycles. The van der Waals surface area contributed by atoms with Crippen LogP contribution in [0.5, 0.6) is 0 Å². The van der Waals surface area contributed by atoms with Crippen LogP contribution in [0.25, 0.3) is 10.9 Å². The Morgan fingerprint density at radius 1 is 1.30 bits per heavy atom. The molecule has 1 aromatic heterocycles. The maximum Gasteiger partial charge on any atom is 0.223 e. The number of aromatic nitrogens is 1. The number of carbonyl (C=O) groups excluding carboxylic acids is 1. The van der Waals surface area contributed by atoms with Crippen molar-refractivity contribution in [3.8, 4) is 0 Å². The summed E-state index contributed by atoms with van der Waals surface area (Å²) in [6, 6.07) is 11.7. The number of anilines is 1. The lowest BCUT2D eigenvalue weighted by Gasteiger charge is -2.38. The van der Waals surface area contributed by atoms with Gasteiger partial charge in [-0.05, 0) is 30.7 Å². The summed E-state index contributed by atoms with van der Waals surface area (Å²) in [5, 5.41) is 1.05. The molecule has 0 bridgehead atoms. The van der Waals surface area contributed by atoms with Gasteiger partial charge in [-0.15, -0.1) is 0 Å². The van der Waals surface area contributed by atoms with Gasteiger partial charge in [0.05, 0.1) is 5.52 Å². The Morgan fingerprint density at radius 3 is 3.20 bits per heavy atom. The lowest BCUT2D eigenvalue weighted by Crippen LogP contribution is -2.51. The van der Waals surface area contributed by atoms with Crippen LogP contribution in [0.15, 0.2) is 30.5 Å². The fourth-order valence-electron chi connectivity index (χ4n) is 3.29. The number of hydrogen-bond acceptors (Lipinski definition) is 3. The van der Waals surface area contributed by atoms with E-state index in [9.17, 15) is 4.79 Å². The number of nitrogens with zero attached hydrogens (tertiary/aromatic N) is 3. The van der Waals surface area contributed by atoms with Gasteiger partial charge in [0.2, 0.25) is 5.91 Å². The molecule has 2 fully saturated rings. The zero-order valence-corrected chi connectivity index (χ0v) is 11.2. The Balaban J connectivity index is 1.62. The Morgan fingerprint density at radius 2 is 2.25 bits per heavy atom. The van der Waals surface area contributed by atoms with Crippen LogP contribution in [0.1, 0.15) is 12.8 Å². The smallest absolute Gasteiger partial charge is 0.223 e.